The molecule has 0 aliphatic carbocycles. The summed E-state index contributed by atoms with van der Waals surface area (Å²) in [6.07, 6.45) is 0.392. The van der Waals surface area contributed by atoms with Gasteiger partial charge in [0.25, 0.3) is 0 Å². The SMILES string of the molecule is CN(C)C[C@H]1CNCCO1.Cl. The van der Waals surface area contributed by atoms with E-state index in [0.29, 0.717) is 6.10 Å². The van der Waals surface area contributed by atoms with Crippen LogP contribution in [0.25, 0.3) is 0 Å². The third-order valence-corrected chi connectivity index (χ3v) is 1.57. The Balaban J connectivity index is 0.000001000. The van der Waals surface area contributed by atoms with E-state index in [1.165, 1.54) is 0 Å². The molecule has 1 atom stereocenters. The van der Waals surface area contributed by atoms with Crippen molar-refractivity contribution in [2.45, 2.75) is 6.10 Å². The highest BCUT2D eigenvalue weighted by Gasteiger charge is 2.12. The molecule has 4 heteroatoms. The Hall–Kier alpha value is 0.170. The molecule has 1 N–H and O–H groups in total. The average Bonchev–Trinajstić information content (AvgIpc) is 1.88. The highest BCUT2D eigenvalue weighted by molar-refractivity contribution is 5.85. The first kappa shape index (κ1) is 11.2. The molecule has 0 amide bonds. The van der Waals surface area contributed by atoms with Gasteiger partial charge in [0.05, 0.1) is 12.7 Å². The predicted molar refractivity (Wildman–Crippen MR) is 48.4 cm³/mol. The zero-order valence-corrected chi connectivity index (χ0v) is 7.99. The van der Waals surface area contributed by atoms with E-state index in [4.69, 9.17) is 4.74 Å². The van der Waals surface area contributed by atoms with Crippen LogP contribution in [0.1, 0.15) is 0 Å². The monoisotopic (exact) mass is 180 g/mol. The van der Waals surface area contributed by atoms with Crippen LogP contribution in [0.5, 0.6) is 0 Å². The summed E-state index contributed by atoms with van der Waals surface area (Å²) >= 11 is 0. The molecule has 68 valence electrons. The fourth-order valence-electron chi connectivity index (χ4n) is 1.14. The van der Waals surface area contributed by atoms with Crippen LogP contribution < -0.4 is 5.32 Å². The zero-order chi connectivity index (χ0) is 7.40. The lowest BCUT2D eigenvalue weighted by atomic mass is 10.3. The van der Waals surface area contributed by atoms with Crippen LogP contribution in [0.3, 0.4) is 0 Å². The maximum Gasteiger partial charge on any atom is 0.0826 e. The minimum absolute atomic E-state index is 0. The van der Waals surface area contributed by atoms with Gasteiger partial charge in [-0.1, -0.05) is 0 Å². The second-order valence-corrected chi connectivity index (χ2v) is 2.96. The van der Waals surface area contributed by atoms with E-state index in [9.17, 15) is 0 Å². The maximum atomic E-state index is 5.48. The number of likely N-dealkylation sites (N-methyl/N-ethyl adjacent to an activating group) is 1. The van der Waals surface area contributed by atoms with Crippen LogP contribution in [0.2, 0.25) is 0 Å². The first-order valence-electron chi connectivity index (χ1n) is 3.76. The van der Waals surface area contributed by atoms with E-state index in [2.05, 4.69) is 24.3 Å². The smallest absolute Gasteiger partial charge is 0.0826 e. The zero-order valence-electron chi connectivity index (χ0n) is 7.17. The largest absolute Gasteiger partial charge is 0.374 e. The van der Waals surface area contributed by atoms with Crippen molar-refractivity contribution in [1.82, 2.24) is 10.2 Å². The molecule has 0 aromatic heterocycles. The molecule has 11 heavy (non-hydrogen) atoms. The predicted octanol–water partition coefficient (Wildman–Crippen LogP) is -0.0418. The molecular formula is C7H17ClN2O. The van der Waals surface area contributed by atoms with Gasteiger partial charge >= 0.3 is 0 Å². The summed E-state index contributed by atoms with van der Waals surface area (Å²) in [5.41, 5.74) is 0. The second kappa shape index (κ2) is 5.77. The summed E-state index contributed by atoms with van der Waals surface area (Å²) in [7, 11) is 4.13. The summed E-state index contributed by atoms with van der Waals surface area (Å²) in [5.74, 6) is 0. The number of ether oxygens (including phenoxy) is 1. The molecule has 0 radical (unpaired) electrons. The van der Waals surface area contributed by atoms with Crippen molar-refractivity contribution in [3.63, 3.8) is 0 Å². The summed E-state index contributed by atoms with van der Waals surface area (Å²) in [4.78, 5) is 2.15. The number of rotatable bonds is 2. The van der Waals surface area contributed by atoms with E-state index in [1.54, 1.807) is 0 Å². The molecule has 1 rings (SSSR count). The summed E-state index contributed by atoms with van der Waals surface area (Å²) < 4.78 is 5.48. The number of halogens is 1. The van der Waals surface area contributed by atoms with Crippen LogP contribution >= 0.6 is 12.4 Å². The number of hydrogen-bond donors (Lipinski definition) is 1. The molecule has 0 saturated carbocycles. The first-order valence-corrected chi connectivity index (χ1v) is 3.76. The van der Waals surface area contributed by atoms with Crippen LogP contribution in [0.4, 0.5) is 0 Å². The van der Waals surface area contributed by atoms with Crippen LogP contribution in [0.15, 0.2) is 0 Å². The fraction of sp³-hybridized carbons (Fsp3) is 1.00. The molecule has 0 bridgehead atoms. The fourth-order valence-corrected chi connectivity index (χ4v) is 1.14. The van der Waals surface area contributed by atoms with E-state index in [-0.39, 0.29) is 12.4 Å². The Labute approximate surface area is 74.5 Å². The minimum Gasteiger partial charge on any atom is -0.374 e. The minimum atomic E-state index is 0. The summed E-state index contributed by atoms with van der Waals surface area (Å²) in [6, 6.07) is 0. The third kappa shape index (κ3) is 4.58. The number of nitrogens with zero attached hydrogens (tertiary/aromatic N) is 1. The quantitative estimate of drug-likeness (QED) is 0.646. The van der Waals surface area contributed by atoms with Crippen molar-refractivity contribution in [3.8, 4) is 0 Å². The molecule has 1 heterocycles. The van der Waals surface area contributed by atoms with Gasteiger partial charge in [-0.15, -0.1) is 12.4 Å². The van der Waals surface area contributed by atoms with Gasteiger partial charge in [0.1, 0.15) is 0 Å². The molecule has 1 aliphatic heterocycles. The molecule has 0 aromatic rings. The van der Waals surface area contributed by atoms with E-state index in [0.717, 1.165) is 26.2 Å². The van der Waals surface area contributed by atoms with E-state index >= 15 is 0 Å². The lowest BCUT2D eigenvalue weighted by Crippen LogP contribution is -2.43. The molecular weight excluding hydrogens is 164 g/mol. The van der Waals surface area contributed by atoms with Gasteiger partial charge < -0.3 is 15.0 Å². The molecule has 0 unspecified atom stereocenters. The highest BCUT2D eigenvalue weighted by atomic mass is 35.5. The van der Waals surface area contributed by atoms with Gasteiger partial charge in [0.2, 0.25) is 0 Å². The third-order valence-electron chi connectivity index (χ3n) is 1.57. The van der Waals surface area contributed by atoms with Gasteiger partial charge in [-0.05, 0) is 14.1 Å². The van der Waals surface area contributed by atoms with Gasteiger partial charge in [0, 0.05) is 19.6 Å². The van der Waals surface area contributed by atoms with Gasteiger partial charge in [0.15, 0.2) is 0 Å². The van der Waals surface area contributed by atoms with Crippen molar-refractivity contribution in [2.75, 3.05) is 40.3 Å². The van der Waals surface area contributed by atoms with E-state index in [1.807, 2.05) is 0 Å². The standard InChI is InChI=1S/C7H16N2O.ClH/c1-9(2)6-7-5-8-3-4-10-7;/h7-8H,3-6H2,1-2H3;1H/t7-;/m1./s1. The van der Waals surface area contributed by atoms with Gasteiger partial charge in [-0.3, -0.25) is 0 Å². The second-order valence-electron chi connectivity index (χ2n) is 2.96. The number of hydrogen-bond acceptors (Lipinski definition) is 3. The van der Waals surface area contributed by atoms with Crippen LogP contribution in [-0.2, 0) is 4.74 Å². The van der Waals surface area contributed by atoms with Crippen LogP contribution in [-0.4, -0.2) is 51.3 Å². The van der Waals surface area contributed by atoms with Crippen LogP contribution in [0, 0.1) is 0 Å². The molecule has 0 spiro atoms. The van der Waals surface area contributed by atoms with Gasteiger partial charge in [-0.2, -0.15) is 0 Å². The Morgan fingerprint density at radius 3 is 2.73 bits per heavy atom. The maximum absolute atomic E-state index is 5.48. The Morgan fingerprint density at radius 1 is 1.55 bits per heavy atom. The Bertz CT molecular complexity index is 94.4. The number of morpholine rings is 1. The van der Waals surface area contributed by atoms with Crippen molar-refractivity contribution in [3.05, 3.63) is 0 Å². The molecule has 0 aromatic carbocycles. The van der Waals surface area contributed by atoms with E-state index < -0.39 is 0 Å². The van der Waals surface area contributed by atoms with Crippen molar-refractivity contribution in [2.24, 2.45) is 0 Å². The Morgan fingerprint density at radius 2 is 2.27 bits per heavy atom. The normalized spacial score (nSPS) is 24.8. The van der Waals surface area contributed by atoms with Crippen molar-refractivity contribution in [1.29, 1.82) is 0 Å². The molecule has 1 saturated heterocycles. The van der Waals surface area contributed by atoms with Gasteiger partial charge in [-0.25, -0.2) is 0 Å². The highest BCUT2D eigenvalue weighted by Crippen LogP contribution is 1.96. The number of nitrogens with one attached hydrogen (secondary N) is 1. The van der Waals surface area contributed by atoms with Crippen molar-refractivity contribution < 1.29 is 4.74 Å². The summed E-state index contributed by atoms with van der Waals surface area (Å²) in [5, 5.41) is 3.29. The average molecular weight is 181 g/mol. The molecule has 1 fully saturated rings. The lowest BCUT2D eigenvalue weighted by molar-refractivity contribution is 0.0139. The molecule has 3 nitrogen and oxygen atoms in total. The summed E-state index contributed by atoms with van der Waals surface area (Å²) in [6.45, 7) is 3.88. The molecule has 1 aliphatic rings. The Kier molecular flexibility index (Phi) is 5.86. The van der Waals surface area contributed by atoms with Crippen molar-refractivity contribution >= 4 is 12.4 Å². The topological polar surface area (TPSA) is 24.5 Å². The lowest BCUT2D eigenvalue weighted by Gasteiger charge is -2.25. The first-order chi connectivity index (χ1) is 4.79.